The van der Waals surface area contributed by atoms with Crippen LogP contribution in [-0.4, -0.2) is 60.7 Å². The molecule has 1 amide bonds. The van der Waals surface area contributed by atoms with Gasteiger partial charge in [-0.2, -0.15) is 8.42 Å². The van der Waals surface area contributed by atoms with E-state index in [4.69, 9.17) is 5.14 Å². The van der Waals surface area contributed by atoms with Crippen LogP contribution in [0.4, 0.5) is 0 Å². The van der Waals surface area contributed by atoms with Crippen LogP contribution in [0.2, 0.25) is 0 Å². The van der Waals surface area contributed by atoms with Crippen molar-refractivity contribution in [1.82, 2.24) is 14.9 Å². The van der Waals surface area contributed by atoms with Gasteiger partial charge in [-0.25, -0.2) is 14.7 Å². The minimum atomic E-state index is -3.74. The lowest BCUT2D eigenvalue weighted by Gasteiger charge is -2.40. The number of carboxylic acids is 1. The molecule has 2 fully saturated rings. The number of nitrogens with one attached hydrogen (secondary N) is 2. The third kappa shape index (κ3) is 3.41. The molecule has 2 saturated heterocycles. The Hall–Kier alpha value is -1.40. The summed E-state index contributed by atoms with van der Waals surface area (Å²) in [6.45, 7) is 4.53. The lowest BCUT2D eigenvalue weighted by atomic mass is 9.88. The first-order valence-corrected chi connectivity index (χ1v) is 10.7. The van der Waals surface area contributed by atoms with Crippen molar-refractivity contribution in [2.75, 3.05) is 13.1 Å². The van der Waals surface area contributed by atoms with Crippen LogP contribution in [-0.2, 0) is 19.8 Å². The molecule has 0 spiro atoms. The predicted octanol–water partition coefficient (Wildman–Crippen LogP) is -0.654. The number of aliphatic carboxylic acids is 1. The van der Waals surface area contributed by atoms with E-state index < -0.39 is 16.2 Å². The van der Waals surface area contributed by atoms with Gasteiger partial charge < -0.3 is 10.4 Å². The van der Waals surface area contributed by atoms with Gasteiger partial charge in [-0.1, -0.05) is 13.0 Å². The van der Waals surface area contributed by atoms with Crippen molar-refractivity contribution in [3.63, 3.8) is 0 Å². The fraction of sp³-hybridized carbons (Fsp3) is 0.600. The van der Waals surface area contributed by atoms with Crippen molar-refractivity contribution in [2.24, 2.45) is 11.1 Å². The second kappa shape index (κ2) is 6.97. The Kier molecular flexibility index (Phi) is 5.19. The van der Waals surface area contributed by atoms with Crippen LogP contribution in [0.3, 0.4) is 0 Å². The topological polar surface area (TPSA) is 142 Å². The van der Waals surface area contributed by atoms with Gasteiger partial charge in [0.05, 0.1) is 6.04 Å². The average molecular weight is 402 g/mol. The SMILES string of the molecule is C/C=C1/C(=O)N2C(C(=O)O)=C(S[C@@H]3CN[C@H](CNS(N)(=O)=O)C3)[C@H](C)[C@H]12. The van der Waals surface area contributed by atoms with Crippen molar-refractivity contribution in [3.8, 4) is 0 Å². The molecule has 26 heavy (non-hydrogen) atoms. The number of thioether (sulfide) groups is 1. The number of nitrogens with zero attached hydrogens (tertiary/aromatic N) is 1. The molecule has 11 heteroatoms. The quantitative estimate of drug-likeness (QED) is 0.341. The van der Waals surface area contributed by atoms with Gasteiger partial charge in [0.25, 0.3) is 16.1 Å². The van der Waals surface area contributed by atoms with E-state index in [-0.39, 0.29) is 41.4 Å². The van der Waals surface area contributed by atoms with E-state index in [0.717, 1.165) is 0 Å². The molecule has 0 unspecified atom stereocenters. The van der Waals surface area contributed by atoms with Gasteiger partial charge in [-0.3, -0.25) is 9.69 Å². The van der Waals surface area contributed by atoms with Gasteiger partial charge in [0.1, 0.15) is 5.70 Å². The number of β-lactam (4-membered cyclic amide) rings is 1. The van der Waals surface area contributed by atoms with Crippen molar-refractivity contribution < 1.29 is 23.1 Å². The molecule has 0 aliphatic carbocycles. The van der Waals surface area contributed by atoms with Crippen molar-refractivity contribution in [1.29, 1.82) is 0 Å². The van der Waals surface area contributed by atoms with Crippen LogP contribution in [0.1, 0.15) is 20.3 Å². The summed E-state index contributed by atoms with van der Waals surface area (Å²) >= 11 is 1.47. The second-order valence-corrected chi connectivity index (χ2v) is 9.37. The zero-order chi connectivity index (χ0) is 19.2. The number of carbonyl (C=O) groups excluding carboxylic acids is 1. The molecular formula is C15H22N4O5S2. The molecule has 3 aliphatic rings. The Labute approximate surface area is 156 Å². The smallest absolute Gasteiger partial charge is 0.353 e. The van der Waals surface area contributed by atoms with E-state index in [1.165, 1.54) is 16.7 Å². The standard InChI is InChI=1S/C15H22N4O5S2/c1-3-10-11-7(2)13(12(15(21)22)19(11)14(10)20)25-9-4-8(17-6-9)5-18-26(16,23)24/h3,7-9,11,17-18H,4-6H2,1-2H3,(H,21,22)(H2,16,23,24)/b10-3+/t7-,8+,9+,11-/m1/s1. The number of rotatable bonds is 6. The molecule has 0 aromatic rings. The Morgan fingerprint density at radius 1 is 1.54 bits per heavy atom. The summed E-state index contributed by atoms with van der Waals surface area (Å²) in [5.41, 5.74) is 0.737. The second-order valence-electron chi connectivity index (χ2n) is 6.64. The molecule has 4 atom stereocenters. The number of amides is 1. The minimum Gasteiger partial charge on any atom is -0.477 e. The highest BCUT2D eigenvalue weighted by molar-refractivity contribution is 8.03. The zero-order valence-corrected chi connectivity index (χ0v) is 16.1. The lowest BCUT2D eigenvalue weighted by molar-refractivity contribution is -0.142. The predicted molar refractivity (Wildman–Crippen MR) is 97.1 cm³/mol. The Balaban J connectivity index is 1.71. The number of hydrogen-bond donors (Lipinski definition) is 4. The number of allylic oxidation sites excluding steroid dienone is 1. The van der Waals surface area contributed by atoms with E-state index in [1.54, 1.807) is 13.0 Å². The van der Waals surface area contributed by atoms with Gasteiger partial charge in [0.15, 0.2) is 0 Å². The molecular weight excluding hydrogens is 380 g/mol. The number of carboxylic acid groups (broad SMARTS) is 1. The molecule has 144 valence electrons. The van der Waals surface area contributed by atoms with Crippen molar-refractivity contribution in [2.45, 2.75) is 37.6 Å². The number of hydrogen-bond acceptors (Lipinski definition) is 6. The van der Waals surface area contributed by atoms with Gasteiger partial charge in [0.2, 0.25) is 0 Å². The van der Waals surface area contributed by atoms with E-state index in [9.17, 15) is 23.1 Å². The first kappa shape index (κ1) is 19.4. The Morgan fingerprint density at radius 2 is 2.23 bits per heavy atom. The summed E-state index contributed by atoms with van der Waals surface area (Å²) in [6, 6.07) is -0.267. The molecule has 3 heterocycles. The van der Waals surface area contributed by atoms with Crippen LogP contribution in [0.5, 0.6) is 0 Å². The summed E-state index contributed by atoms with van der Waals surface area (Å²) in [7, 11) is -3.74. The maximum atomic E-state index is 12.2. The zero-order valence-electron chi connectivity index (χ0n) is 14.4. The third-order valence-corrected chi connectivity index (χ3v) is 7.02. The average Bonchev–Trinajstić information content (AvgIpc) is 3.08. The first-order chi connectivity index (χ1) is 12.1. The molecule has 0 radical (unpaired) electrons. The lowest BCUT2D eigenvalue weighted by Crippen LogP contribution is -2.54. The van der Waals surface area contributed by atoms with Crippen molar-refractivity contribution >= 4 is 33.8 Å². The van der Waals surface area contributed by atoms with E-state index in [2.05, 4.69) is 10.0 Å². The molecule has 3 rings (SSSR count). The number of carbonyl (C=O) groups is 2. The summed E-state index contributed by atoms with van der Waals surface area (Å²) in [4.78, 5) is 26.0. The van der Waals surface area contributed by atoms with Gasteiger partial charge in [0, 0.05) is 40.8 Å². The number of fused-ring (bicyclic) bond motifs is 1. The first-order valence-electron chi connectivity index (χ1n) is 8.28. The minimum absolute atomic E-state index is 0.0684. The summed E-state index contributed by atoms with van der Waals surface area (Å²) < 4.78 is 24.3. The Morgan fingerprint density at radius 3 is 2.81 bits per heavy atom. The molecule has 0 aromatic carbocycles. The molecule has 0 aromatic heterocycles. The highest BCUT2D eigenvalue weighted by Gasteiger charge is 2.55. The third-order valence-electron chi connectivity index (χ3n) is 4.94. The highest BCUT2D eigenvalue weighted by Crippen LogP contribution is 2.50. The van der Waals surface area contributed by atoms with E-state index >= 15 is 0 Å². The summed E-state index contributed by atoms with van der Waals surface area (Å²) in [5, 5.41) is 17.9. The molecule has 5 N–H and O–H groups in total. The van der Waals surface area contributed by atoms with Crippen molar-refractivity contribution in [3.05, 3.63) is 22.3 Å². The number of nitrogens with two attached hydrogens (primary N) is 1. The largest absolute Gasteiger partial charge is 0.477 e. The normalized spacial score (nSPS) is 33.0. The van der Waals surface area contributed by atoms with E-state index in [1.807, 2.05) is 6.92 Å². The summed E-state index contributed by atoms with van der Waals surface area (Å²) in [6.07, 6.45) is 2.42. The van der Waals surface area contributed by atoms with Gasteiger partial charge in [-0.05, 0) is 13.3 Å². The highest BCUT2D eigenvalue weighted by atomic mass is 32.2. The van der Waals surface area contributed by atoms with Crippen LogP contribution >= 0.6 is 11.8 Å². The summed E-state index contributed by atoms with van der Waals surface area (Å²) in [5.74, 6) is -1.41. The van der Waals surface area contributed by atoms with E-state index in [0.29, 0.717) is 23.4 Å². The maximum absolute atomic E-state index is 12.2. The van der Waals surface area contributed by atoms with Crippen LogP contribution in [0.25, 0.3) is 0 Å². The Bertz CT molecular complexity index is 807. The van der Waals surface area contributed by atoms with Gasteiger partial charge >= 0.3 is 5.97 Å². The molecule has 0 saturated carbocycles. The maximum Gasteiger partial charge on any atom is 0.353 e. The molecule has 0 bridgehead atoms. The van der Waals surface area contributed by atoms with Crippen LogP contribution < -0.4 is 15.2 Å². The van der Waals surface area contributed by atoms with Crippen LogP contribution in [0, 0.1) is 5.92 Å². The molecule has 9 nitrogen and oxygen atoms in total. The van der Waals surface area contributed by atoms with Crippen LogP contribution in [0.15, 0.2) is 22.3 Å². The fourth-order valence-electron chi connectivity index (χ4n) is 3.77. The monoisotopic (exact) mass is 402 g/mol. The van der Waals surface area contributed by atoms with Gasteiger partial charge in [-0.15, -0.1) is 11.8 Å². The molecule has 3 aliphatic heterocycles. The fourth-order valence-corrected chi connectivity index (χ4v) is 5.71.